The van der Waals surface area contributed by atoms with Crippen LogP contribution < -0.4 is 5.32 Å². The zero-order valence-corrected chi connectivity index (χ0v) is 7.42. The van der Waals surface area contributed by atoms with E-state index >= 15 is 0 Å². The molecule has 1 aliphatic heterocycles. The van der Waals surface area contributed by atoms with E-state index in [1.54, 1.807) is 0 Å². The average molecular weight is 163 g/mol. The van der Waals surface area contributed by atoms with Crippen molar-refractivity contribution in [1.82, 2.24) is 5.32 Å². The Morgan fingerprint density at radius 3 is 2.58 bits per heavy atom. The number of nitrogens with one attached hydrogen (secondary N) is 1. The fourth-order valence-electron chi connectivity index (χ4n) is 1.17. The Morgan fingerprint density at radius 2 is 1.92 bits per heavy atom. The molecule has 0 radical (unpaired) electrons. The van der Waals surface area contributed by atoms with Gasteiger partial charge in [0.05, 0.1) is 0 Å². The Kier molecular flexibility index (Phi) is 2.86. The molecule has 0 aromatic heterocycles. The minimum absolute atomic E-state index is 0.0515. The number of benzene rings is 1. The van der Waals surface area contributed by atoms with E-state index in [2.05, 4.69) is 5.32 Å². The smallest absolute Gasteiger partial charge is 0.251 e. The summed E-state index contributed by atoms with van der Waals surface area (Å²) in [4.78, 5) is 11.0. The first-order valence-electron chi connectivity index (χ1n) is 4.24. The molecular formula is C10H13NO. The predicted octanol–water partition coefficient (Wildman–Crippen LogP) is 1.96. The Balaban J connectivity index is 0.000000336. The average Bonchev–Trinajstić information content (AvgIpc) is 2.53. The molecule has 0 saturated heterocycles. The summed E-state index contributed by atoms with van der Waals surface area (Å²) in [6.07, 6.45) is 0. The third kappa shape index (κ3) is 1.47. The monoisotopic (exact) mass is 163 g/mol. The minimum Gasteiger partial charge on any atom is -0.348 e. The van der Waals surface area contributed by atoms with Gasteiger partial charge in [0.1, 0.15) is 0 Å². The van der Waals surface area contributed by atoms with E-state index in [1.165, 1.54) is 0 Å². The summed E-state index contributed by atoms with van der Waals surface area (Å²) < 4.78 is 0. The van der Waals surface area contributed by atoms with Crippen LogP contribution in [0.15, 0.2) is 24.3 Å². The lowest BCUT2D eigenvalue weighted by Crippen LogP contribution is -2.12. The van der Waals surface area contributed by atoms with Crippen LogP contribution in [-0.4, -0.2) is 5.91 Å². The first-order valence-corrected chi connectivity index (χ1v) is 4.24. The zero-order chi connectivity index (χ0) is 8.97. The molecule has 1 aliphatic rings. The van der Waals surface area contributed by atoms with Crippen LogP contribution in [0, 0.1) is 0 Å². The number of hydrogen-bond donors (Lipinski definition) is 1. The van der Waals surface area contributed by atoms with Crippen molar-refractivity contribution in [2.24, 2.45) is 0 Å². The highest BCUT2D eigenvalue weighted by Gasteiger charge is 2.16. The van der Waals surface area contributed by atoms with Gasteiger partial charge in [-0.1, -0.05) is 32.0 Å². The van der Waals surface area contributed by atoms with Gasteiger partial charge in [0, 0.05) is 12.1 Å². The molecule has 12 heavy (non-hydrogen) atoms. The van der Waals surface area contributed by atoms with Crippen molar-refractivity contribution in [2.75, 3.05) is 0 Å². The molecule has 0 fully saturated rings. The second-order valence-corrected chi connectivity index (χ2v) is 2.34. The second kappa shape index (κ2) is 3.90. The van der Waals surface area contributed by atoms with E-state index in [0.717, 1.165) is 11.1 Å². The Hall–Kier alpha value is -1.31. The van der Waals surface area contributed by atoms with Gasteiger partial charge < -0.3 is 5.32 Å². The van der Waals surface area contributed by atoms with Crippen LogP contribution in [0.2, 0.25) is 0 Å². The summed E-state index contributed by atoms with van der Waals surface area (Å²) in [6, 6.07) is 7.63. The zero-order valence-electron chi connectivity index (χ0n) is 7.42. The lowest BCUT2D eigenvalue weighted by Gasteiger charge is -1.89. The number of amides is 1. The van der Waals surface area contributed by atoms with Crippen LogP contribution in [0.5, 0.6) is 0 Å². The van der Waals surface area contributed by atoms with Crippen molar-refractivity contribution in [3.05, 3.63) is 35.4 Å². The number of carbonyl (C=O) groups is 1. The molecule has 1 aromatic rings. The van der Waals surface area contributed by atoms with Crippen LogP contribution >= 0.6 is 0 Å². The quantitative estimate of drug-likeness (QED) is 0.622. The van der Waals surface area contributed by atoms with Crippen molar-refractivity contribution in [1.29, 1.82) is 0 Å². The highest BCUT2D eigenvalue weighted by atomic mass is 16.1. The van der Waals surface area contributed by atoms with Gasteiger partial charge in [0.2, 0.25) is 0 Å². The fourth-order valence-corrected chi connectivity index (χ4v) is 1.17. The molecule has 1 aromatic carbocycles. The molecule has 0 saturated carbocycles. The largest absolute Gasteiger partial charge is 0.348 e. The van der Waals surface area contributed by atoms with E-state index in [0.29, 0.717) is 6.54 Å². The number of rotatable bonds is 0. The number of hydrogen-bond acceptors (Lipinski definition) is 1. The maximum absolute atomic E-state index is 11.0. The van der Waals surface area contributed by atoms with Gasteiger partial charge in [-0.3, -0.25) is 4.79 Å². The van der Waals surface area contributed by atoms with Gasteiger partial charge in [0.15, 0.2) is 0 Å². The van der Waals surface area contributed by atoms with Gasteiger partial charge in [-0.25, -0.2) is 0 Å². The SMILES string of the molecule is CC.O=C1NCc2ccccc21. The lowest BCUT2D eigenvalue weighted by atomic mass is 10.1. The maximum atomic E-state index is 11.0. The third-order valence-electron chi connectivity index (χ3n) is 1.70. The Bertz CT molecular complexity index is 281. The van der Waals surface area contributed by atoms with Crippen LogP contribution in [0.4, 0.5) is 0 Å². The molecule has 0 atom stereocenters. The lowest BCUT2D eigenvalue weighted by molar-refractivity contribution is 0.0966. The molecule has 2 heteroatoms. The Morgan fingerprint density at radius 1 is 1.25 bits per heavy atom. The molecule has 64 valence electrons. The van der Waals surface area contributed by atoms with Crippen molar-refractivity contribution in [3.63, 3.8) is 0 Å². The molecule has 2 nitrogen and oxygen atoms in total. The molecule has 0 aliphatic carbocycles. The topological polar surface area (TPSA) is 29.1 Å². The summed E-state index contributed by atoms with van der Waals surface area (Å²) in [5.74, 6) is 0.0515. The van der Waals surface area contributed by atoms with Crippen molar-refractivity contribution >= 4 is 5.91 Å². The van der Waals surface area contributed by atoms with E-state index in [4.69, 9.17) is 0 Å². The maximum Gasteiger partial charge on any atom is 0.251 e. The van der Waals surface area contributed by atoms with Gasteiger partial charge in [-0.15, -0.1) is 0 Å². The van der Waals surface area contributed by atoms with Crippen LogP contribution in [0.25, 0.3) is 0 Å². The summed E-state index contributed by atoms with van der Waals surface area (Å²) in [5, 5.41) is 2.75. The molecule has 0 unspecified atom stereocenters. The van der Waals surface area contributed by atoms with Gasteiger partial charge in [-0.05, 0) is 11.6 Å². The molecule has 2 rings (SSSR count). The van der Waals surface area contributed by atoms with Crippen molar-refractivity contribution in [2.45, 2.75) is 20.4 Å². The standard InChI is InChI=1S/C8H7NO.C2H6/c10-8-7-4-2-1-3-6(7)5-9-8;1-2/h1-4H,5H2,(H,9,10);1-2H3. The summed E-state index contributed by atoms with van der Waals surface area (Å²) in [7, 11) is 0. The summed E-state index contributed by atoms with van der Waals surface area (Å²) >= 11 is 0. The highest BCUT2D eigenvalue weighted by molar-refractivity contribution is 5.98. The van der Waals surface area contributed by atoms with Gasteiger partial charge in [0.25, 0.3) is 5.91 Å². The van der Waals surface area contributed by atoms with Crippen LogP contribution in [0.3, 0.4) is 0 Å². The first-order chi connectivity index (χ1) is 5.88. The van der Waals surface area contributed by atoms with Crippen molar-refractivity contribution < 1.29 is 4.79 Å². The molecule has 1 heterocycles. The van der Waals surface area contributed by atoms with Crippen molar-refractivity contribution in [3.8, 4) is 0 Å². The van der Waals surface area contributed by atoms with E-state index < -0.39 is 0 Å². The Labute approximate surface area is 72.6 Å². The summed E-state index contributed by atoms with van der Waals surface area (Å²) in [5.41, 5.74) is 1.93. The summed E-state index contributed by atoms with van der Waals surface area (Å²) in [6.45, 7) is 4.69. The van der Waals surface area contributed by atoms with Crippen LogP contribution in [0.1, 0.15) is 29.8 Å². The van der Waals surface area contributed by atoms with Crippen LogP contribution in [-0.2, 0) is 6.54 Å². The number of fused-ring (bicyclic) bond motifs is 1. The first kappa shape index (κ1) is 8.78. The van der Waals surface area contributed by atoms with Gasteiger partial charge in [-0.2, -0.15) is 0 Å². The van der Waals surface area contributed by atoms with E-state index in [-0.39, 0.29) is 5.91 Å². The normalized spacial score (nSPS) is 12.7. The molecular weight excluding hydrogens is 150 g/mol. The van der Waals surface area contributed by atoms with E-state index in [1.807, 2.05) is 38.1 Å². The minimum atomic E-state index is 0.0515. The molecule has 0 bridgehead atoms. The molecule has 0 spiro atoms. The fraction of sp³-hybridized carbons (Fsp3) is 0.300. The molecule has 1 amide bonds. The second-order valence-electron chi connectivity index (χ2n) is 2.34. The van der Waals surface area contributed by atoms with Gasteiger partial charge >= 0.3 is 0 Å². The third-order valence-corrected chi connectivity index (χ3v) is 1.70. The highest BCUT2D eigenvalue weighted by Crippen LogP contribution is 2.13. The van der Waals surface area contributed by atoms with E-state index in [9.17, 15) is 4.79 Å². The molecule has 1 N–H and O–H groups in total. The predicted molar refractivity (Wildman–Crippen MR) is 49.0 cm³/mol. The number of carbonyl (C=O) groups excluding carboxylic acids is 1.